The Morgan fingerprint density at radius 1 is 1.25 bits per heavy atom. The van der Waals surface area contributed by atoms with Crippen LogP contribution in [0.3, 0.4) is 0 Å². The number of rotatable bonds is 5. The van der Waals surface area contributed by atoms with E-state index in [1.54, 1.807) is 17.4 Å². The van der Waals surface area contributed by atoms with Gasteiger partial charge in [-0.25, -0.2) is 4.98 Å². The van der Waals surface area contributed by atoms with E-state index in [1.807, 2.05) is 13.1 Å². The minimum atomic E-state index is -0.0777. The second-order valence-electron chi connectivity index (χ2n) is 4.87. The third-order valence-electron chi connectivity index (χ3n) is 3.27. The summed E-state index contributed by atoms with van der Waals surface area (Å²) in [5.74, 6) is 0.338. The summed E-state index contributed by atoms with van der Waals surface area (Å²) in [4.78, 5) is 5.68. The van der Waals surface area contributed by atoms with E-state index < -0.39 is 0 Å². The van der Waals surface area contributed by atoms with E-state index >= 15 is 0 Å². The maximum absolute atomic E-state index is 9.87. The highest BCUT2D eigenvalue weighted by molar-refractivity contribution is 7.11. The quantitative estimate of drug-likeness (QED) is 0.738. The Bertz CT molecular complexity index is 583. The van der Waals surface area contributed by atoms with Gasteiger partial charge in [-0.05, 0) is 38.5 Å². The van der Waals surface area contributed by atoms with Crippen molar-refractivity contribution in [1.29, 1.82) is 0 Å². The Balaban J connectivity index is 2.10. The van der Waals surface area contributed by atoms with Gasteiger partial charge in [0, 0.05) is 22.7 Å². The smallest absolute Gasteiger partial charge is 0.120 e. The van der Waals surface area contributed by atoms with Gasteiger partial charge in [-0.2, -0.15) is 0 Å². The van der Waals surface area contributed by atoms with Gasteiger partial charge in [0.05, 0.1) is 6.04 Å². The predicted molar refractivity (Wildman–Crippen MR) is 81.2 cm³/mol. The van der Waals surface area contributed by atoms with Crippen LogP contribution in [0.15, 0.2) is 24.4 Å². The van der Waals surface area contributed by atoms with Gasteiger partial charge in [-0.15, -0.1) is 11.3 Å². The fourth-order valence-corrected chi connectivity index (χ4v) is 2.98. The van der Waals surface area contributed by atoms with Gasteiger partial charge in [0.2, 0.25) is 0 Å². The van der Waals surface area contributed by atoms with Crippen LogP contribution in [0.2, 0.25) is 0 Å². The molecule has 1 heterocycles. The topological polar surface area (TPSA) is 65.4 Å². The zero-order chi connectivity index (χ0) is 14.7. The van der Waals surface area contributed by atoms with E-state index in [2.05, 4.69) is 24.1 Å². The van der Waals surface area contributed by atoms with E-state index in [0.717, 1.165) is 11.4 Å². The molecule has 108 valence electrons. The van der Waals surface area contributed by atoms with Gasteiger partial charge in [0.25, 0.3) is 0 Å². The van der Waals surface area contributed by atoms with Gasteiger partial charge in [-0.3, -0.25) is 0 Å². The molecule has 2 atom stereocenters. The summed E-state index contributed by atoms with van der Waals surface area (Å²) in [5, 5.41) is 23.8. The van der Waals surface area contributed by atoms with Crippen LogP contribution in [-0.4, -0.2) is 15.2 Å². The van der Waals surface area contributed by atoms with E-state index in [0.29, 0.717) is 5.56 Å². The summed E-state index contributed by atoms with van der Waals surface area (Å²) in [6.07, 6.45) is 2.90. The molecule has 1 aromatic carbocycles. The Hall–Kier alpha value is -1.59. The van der Waals surface area contributed by atoms with Crippen molar-refractivity contribution in [2.75, 3.05) is 0 Å². The fourth-order valence-electron chi connectivity index (χ4n) is 2.11. The number of aryl methyl sites for hydroxylation is 1. The molecule has 0 saturated carbocycles. The van der Waals surface area contributed by atoms with Crippen molar-refractivity contribution >= 4 is 11.3 Å². The minimum Gasteiger partial charge on any atom is -0.508 e. The van der Waals surface area contributed by atoms with E-state index in [4.69, 9.17) is 0 Å². The molecule has 0 aliphatic carbocycles. The van der Waals surface area contributed by atoms with Crippen molar-refractivity contribution in [3.05, 3.63) is 39.8 Å². The third kappa shape index (κ3) is 3.29. The number of hydrogen-bond acceptors (Lipinski definition) is 5. The molecule has 2 unspecified atom stereocenters. The molecule has 0 aliphatic rings. The molecule has 0 bridgehead atoms. The maximum Gasteiger partial charge on any atom is 0.120 e. The van der Waals surface area contributed by atoms with E-state index in [-0.39, 0.29) is 23.6 Å². The third-order valence-corrected chi connectivity index (χ3v) is 4.59. The van der Waals surface area contributed by atoms with Crippen LogP contribution >= 0.6 is 11.3 Å². The molecule has 0 spiro atoms. The first kappa shape index (κ1) is 14.8. The van der Waals surface area contributed by atoms with Crippen molar-refractivity contribution in [3.63, 3.8) is 0 Å². The second-order valence-corrected chi connectivity index (χ2v) is 6.02. The lowest BCUT2D eigenvalue weighted by Gasteiger charge is -2.19. The molecule has 4 nitrogen and oxygen atoms in total. The lowest BCUT2D eigenvalue weighted by Crippen LogP contribution is -2.22. The van der Waals surface area contributed by atoms with Crippen LogP contribution in [0.5, 0.6) is 11.5 Å². The lowest BCUT2D eigenvalue weighted by molar-refractivity contribution is 0.429. The zero-order valence-electron chi connectivity index (χ0n) is 11.9. The van der Waals surface area contributed by atoms with Gasteiger partial charge >= 0.3 is 0 Å². The van der Waals surface area contributed by atoms with Crippen molar-refractivity contribution < 1.29 is 10.2 Å². The molecular weight excluding hydrogens is 272 g/mol. The number of hydrogen-bond donors (Lipinski definition) is 3. The highest BCUT2D eigenvalue weighted by atomic mass is 32.1. The average Bonchev–Trinajstić information content (AvgIpc) is 2.90. The molecule has 20 heavy (non-hydrogen) atoms. The number of aromatic nitrogens is 1. The van der Waals surface area contributed by atoms with Crippen molar-refractivity contribution in [2.45, 2.75) is 39.3 Å². The molecule has 1 aromatic heterocycles. The Morgan fingerprint density at radius 3 is 2.65 bits per heavy atom. The summed E-state index contributed by atoms with van der Waals surface area (Å²) >= 11 is 1.70. The standard InChI is InChI=1S/C15H20N2O2S/c1-4-12-8-16-15(20-12)10(3)17-9(2)13-7-11(18)5-6-14(13)19/h5-10,17-19H,4H2,1-3H3. The SMILES string of the molecule is CCc1cnc(C(C)NC(C)c2cc(O)ccc2O)s1. The van der Waals surface area contributed by atoms with Gasteiger partial charge in [-0.1, -0.05) is 6.92 Å². The molecule has 2 rings (SSSR count). The number of nitrogens with one attached hydrogen (secondary N) is 1. The predicted octanol–water partition coefficient (Wildman–Crippen LogP) is 3.53. The molecule has 0 amide bonds. The zero-order valence-corrected chi connectivity index (χ0v) is 12.7. The summed E-state index contributed by atoms with van der Waals surface area (Å²) in [6.45, 7) is 6.12. The molecule has 5 heteroatoms. The molecule has 0 fully saturated rings. The first-order valence-electron chi connectivity index (χ1n) is 6.73. The largest absolute Gasteiger partial charge is 0.508 e. The van der Waals surface area contributed by atoms with Crippen LogP contribution in [-0.2, 0) is 6.42 Å². The number of benzene rings is 1. The van der Waals surface area contributed by atoms with Gasteiger partial charge in [0.1, 0.15) is 16.5 Å². The average molecular weight is 292 g/mol. The molecule has 0 radical (unpaired) electrons. The molecule has 0 saturated heterocycles. The molecule has 0 aliphatic heterocycles. The number of aromatic hydroxyl groups is 2. The van der Waals surface area contributed by atoms with Crippen molar-refractivity contribution in [1.82, 2.24) is 10.3 Å². The van der Waals surface area contributed by atoms with Gasteiger partial charge in [0.15, 0.2) is 0 Å². The normalized spacial score (nSPS) is 14.2. The van der Waals surface area contributed by atoms with Crippen LogP contribution in [0.4, 0.5) is 0 Å². The Labute approximate surface area is 123 Å². The highest BCUT2D eigenvalue weighted by Crippen LogP contribution is 2.30. The number of phenols is 2. The molecule has 3 N–H and O–H groups in total. The fraction of sp³-hybridized carbons (Fsp3) is 0.400. The molecular formula is C15H20N2O2S. The van der Waals surface area contributed by atoms with Crippen LogP contribution in [0, 0.1) is 0 Å². The highest BCUT2D eigenvalue weighted by Gasteiger charge is 2.16. The van der Waals surface area contributed by atoms with Crippen LogP contribution < -0.4 is 5.32 Å². The summed E-state index contributed by atoms with van der Waals surface area (Å²) in [5.41, 5.74) is 0.684. The summed E-state index contributed by atoms with van der Waals surface area (Å²) < 4.78 is 0. The Morgan fingerprint density at radius 2 is 2.00 bits per heavy atom. The minimum absolute atomic E-state index is 0.0777. The summed E-state index contributed by atoms with van der Waals surface area (Å²) in [6, 6.07) is 4.58. The monoisotopic (exact) mass is 292 g/mol. The Kier molecular flexibility index (Phi) is 4.62. The van der Waals surface area contributed by atoms with Gasteiger partial charge < -0.3 is 15.5 Å². The maximum atomic E-state index is 9.87. The molecule has 2 aromatic rings. The first-order chi connectivity index (χ1) is 9.51. The van der Waals surface area contributed by atoms with Crippen molar-refractivity contribution in [3.8, 4) is 11.5 Å². The van der Waals surface area contributed by atoms with Crippen molar-refractivity contribution in [2.24, 2.45) is 0 Å². The number of phenolic OH excluding ortho intramolecular Hbond substituents is 2. The van der Waals surface area contributed by atoms with Crippen LogP contribution in [0.1, 0.15) is 48.3 Å². The van der Waals surface area contributed by atoms with E-state index in [1.165, 1.54) is 17.0 Å². The first-order valence-corrected chi connectivity index (χ1v) is 7.55. The number of thiazole rings is 1. The lowest BCUT2D eigenvalue weighted by atomic mass is 10.1. The summed E-state index contributed by atoms with van der Waals surface area (Å²) in [7, 11) is 0. The van der Waals surface area contributed by atoms with E-state index in [9.17, 15) is 10.2 Å². The second kappa shape index (κ2) is 6.24. The number of nitrogens with zero attached hydrogens (tertiary/aromatic N) is 1. The van der Waals surface area contributed by atoms with Crippen LogP contribution in [0.25, 0.3) is 0 Å².